The maximum atomic E-state index is 13.2. The highest BCUT2D eigenvalue weighted by Gasteiger charge is 2.15. The molecule has 0 bridgehead atoms. The van der Waals surface area contributed by atoms with Crippen LogP contribution in [0, 0.1) is 5.82 Å². The standard InChI is InChI=1S/C22H17ClFN5O2/c23-14-3-7-16(8-4-14)26-22(29-21(31)13-1-5-15(24)6-2-13)27-17-9-10-18-19(11-17)25-12-20(30)28-18/h1-11,25H,12H2,(H,28,30)(H2,26,27,29,31). The Morgan fingerprint density at radius 3 is 2.48 bits per heavy atom. The molecule has 9 heteroatoms. The van der Waals surface area contributed by atoms with Gasteiger partial charge in [-0.15, -0.1) is 0 Å². The maximum absolute atomic E-state index is 13.2. The van der Waals surface area contributed by atoms with E-state index in [0.29, 0.717) is 22.1 Å². The van der Waals surface area contributed by atoms with Crippen molar-refractivity contribution in [2.75, 3.05) is 22.5 Å². The number of amides is 2. The van der Waals surface area contributed by atoms with Crippen LogP contribution in [-0.4, -0.2) is 24.3 Å². The van der Waals surface area contributed by atoms with Crippen LogP contribution in [0.2, 0.25) is 5.02 Å². The Bertz CT molecular complexity index is 1160. The number of aliphatic imine (C=N–C) groups is 1. The minimum atomic E-state index is -0.455. The van der Waals surface area contributed by atoms with Gasteiger partial charge in [-0.25, -0.2) is 9.38 Å². The molecule has 2 amide bonds. The summed E-state index contributed by atoms with van der Waals surface area (Å²) in [5, 5.41) is 12.1. The lowest BCUT2D eigenvalue weighted by atomic mass is 10.2. The molecule has 0 spiro atoms. The summed E-state index contributed by atoms with van der Waals surface area (Å²) in [5.74, 6) is -0.844. The molecule has 3 aromatic rings. The van der Waals surface area contributed by atoms with Crippen molar-refractivity contribution in [3.63, 3.8) is 0 Å². The van der Waals surface area contributed by atoms with Crippen LogP contribution in [0.4, 0.5) is 27.1 Å². The van der Waals surface area contributed by atoms with Gasteiger partial charge >= 0.3 is 0 Å². The molecule has 31 heavy (non-hydrogen) atoms. The Balaban J connectivity index is 1.60. The van der Waals surface area contributed by atoms with Crippen molar-refractivity contribution in [3.05, 3.63) is 83.1 Å². The molecule has 7 nitrogen and oxygen atoms in total. The van der Waals surface area contributed by atoms with Gasteiger partial charge in [0, 0.05) is 16.3 Å². The number of hydrogen-bond acceptors (Lipinski definition) is 4. The average Bonchev–Trinajstić information content (AvgIpc) is 2.76. The van der Waals surface area contributed by atoms with Crippen molar-refractivity contribution in [1.82, 2.24) is 5.32 Å². The highest BCUT2D eigenvalue weighted by atomic mass is 35.5. The van der Waals surface area contributed by atoms with Crippen LogP contribution in [0.3, 0.4) is 0 Å². The Morgan fingerprint density at radius 2 is 1.74 bits per heavy atom. The Hall–Kier alpha value is -3.91. The van der Waals surface area contributed by atoms with Gasteiger partial charge in [-0.3, -0.25) is 14.9 Å². The highest BCUT2D eigenvalue weighted by Crippen LogP contribution is 2.28. The fourth-order valence-electron chi connectivity index (χ4n) is 2.90. The zero-order valence-electron chi connectivity index (χ0n) is 16.1. The fourth-order valence-corrected chi connectivity index (χ4v) is 3.02. The first-order valence-electron chi connectivity index (χ1n) is 9.32. The molecule has 3 aromatic carbocycles. The van der Waals surface area contributed by atoms with Gasteiger partial charge in [0.05, 0.1) is 23.6 Å². The van der Waals surface area contributed by atoms with Gasteiger partial charge in [-0.05, 0) is 66.7 Å². The average molecular weight is 438 g/mol. The predicted molar refractivity (Wildman–Crippen MR) is 120 cm³/mol. The van der Waals surface area contributed by atoms with E-state index in [0.717, 1.165) is 5.69 Å². The van der Waals surface area contributed by atoms with E-state index in [1.807, 2.05) is 0 Å². The van der Waals surface area contributed by atoms with Crippen LogP contribution in [0.5, 0.6) is 0 Å². The minimum absolute atomic E-state index is 0.121. The Kier molecular flexibility index (Phi) is 5.81. The molecule has 0 radical (unpaired) electrons. The third-order valence-corrected chi connectivity index (χ3v) is 4.65. The van der Waals surface area contributed by atoms with Gasteiger partial charge in [-0.2, -0.15) is 0 Å². The van der Waals surface area contributed by atoms with Gasteiger partial charge in [0.2, 0.25) is 11.9 Å². The molecule has 0 aromatic heterocycles. The normalized spacial score (nSPS) is 13.0. The van der Waals surface area contributed by atoms with E-state index < -0.39 is 11.7 Å². The van der Waals surface area contributed by atoms with Gasteiger partial charge in [0.15, 0.2) is 0 Å². The van der Waals surface area contributed by atoms with Crippen LogP contribution >= 0.6 is 11.6 Å². The molecule has 0 fully saturated rings. The Morgan fingerprint density at radius 1 is 1.00 bits per heavy atom. The molecular formula is C22H17ClFN5O2. The summed E-state index contributed by atoms with van der Waals surface area (Å²) in [7, 11) is 0. The molecule has 4 rings (SSSR count). The number of carbonyl (C=O) groups excluding carboxylic acids is 2. The van der Waals surface area contributed by atoms with Crippen LogP contribution in [-0.2, 0) is 4.79 Å². The van der Waals surface area contributed by atoms with Crippen molar-refractivity contribution in [3.8, 4) is 0 Å². The third kappa shape index (κ3) is 5.18. The van der Waals surface area contributed by atoms with Crippen LogP contribution in [0.15, 0.2) is 71.7 Å². The van der Waals surface area contributed by atoms with Gasteiger partial charge in [0.25, 0.3) is 5.91 Å². The van der Waals surface area contributed by atoms with Crippen LogP contribution in [0.1, 0.15) is 10.4 Å². The van der Waals surface area contributed by atoms with Crippen molar-refractivity contribution in [2.45, 2.75) is 0 Å². The quantitative estimate of drug-likeness (QED) is 0.361. The topological polar surface area (TPSA) is 94.6 Å². The number of halogens is 2. The number of carbonyl (C=O) groups is 2. The number of guanidine groups is 1. The number of rotatable bonds is 3. The van der Waals surface area contributed by atoms with Gasteiger partial charge in [-0.1, -0.05) is 11.6 Å². The molecule has 1 aliphatic rings. The molecule has 1 heterocycles. The number of fused-ring (bicyclic) bond motifs is 1. The minimum Gasteiger partial charge on any atom is -0.374 e. The lowest BCUT2D eigenvalue weighted by Crippen LogP contribution is -2.36. The molecule has 0 atom stereocenters. The molecule has 0 aliphatic carbocycles. The zero-order chi connectivity index (χ0) is 21.8. The summed E-state index contributed by atoms with van der Waals surface area (Å²) >= 11 is 5.93. The largest absolute Gasteiger partial charge is 0.374 e. The van der Waals surface area contributed by atoms with Crippen molar-refractivity contribution in [2.24, 2.45) is 4.99 Å². The molecule has 0 saturated heterocycles. The van der Waals surface area contributed by atoms with E-state index in [9.17, 15) is 14.0 Å². The van der Waals surface area contributed by atoms with Crippen molar-refractivity contribution in [1.29, 1.82) is 0 Å². The van der Waals surface area contributed by atoms with Crippen molar-refractivity contribution < 1.29 is 14.0 Å². The monoisotopic (exact) mass is 437 g/mol. The summed E-state index contributed by atoms with van der Waals surface area (Å²) in [4.78, 5) is 28.6. The lowest BCUT2D eigenvalue weighted by molar-refractivity contribution is -0.114. The number of nitrogens with one attached hydrogen (secondary N) is 4. The third-order valence-electron chi connectivity index (χ3n) is 4.40. The van der Waals surface area contributed by atoms with E-state index in [-0.39, 0.29) is 24.0 Å². The highest BCUT2D eigenvalue weighted by molar-refractivity contribution is 6.30. The van der Waals surface area contributed by atoms with E-state index >= 15 is 0 Å². The van der Waals surface area contributed by atoms with E-state index in [2.05, 4.69) is 26.3 Å². The van der Waals surface area contributed by atoms with E-state index in [4.69, 9.17) is 11.6 Å². The SMILES string of the molecule is O=C1CNc2cc(NC(=Nc3ccc(Cl)cc3)NC(=O)c3ccc(F)cc3)ccc2N1. The molecule has 0 saturated carbocycles. The summed E-state index contributed by atoms with van der Waals surface area (Å²) < 4.78 is 13.2. The summed E-state index contributed by atoms with van der Waals surface area (Å²) in [6.07, 6.45) is 0. The van der Waals surface area contributed by atoms with Crippen LogP contribution in [0.25, 0.3) is 0 Å². The first-order chi connectivity index (χ1) is 15.0. The molecule has 4 N–H and O–H groups in total. The van der Waals surface area contributed by atoms with Gasteiger partial charge < -0.3 is 16.0 Å². The number of anilines is 3. The number of benzene rings is 3. The van der Waals surface area contributed by atoms with E-state index in [1.54, 1.807) is 42.5 Å². The van der Waals surface area contributed by atoms with Crippen LogP contribution < -0.4 is 21.3 Å². The Labute approximate surface area is 182 Å². The molecule has 1 aliphatic heterocycles. The molecule has 156 valence electrons. The zero-order valence-corrected chi connectivity index (χ0v) is 16.8. The first-order valence-corrected chi connectivity index (χ1v) is 9.70. The lowest BCUT2D eigenvalue weighted by Gasteiger charge is -2.20. The molecular weight excluding hydrogens is 421 g/mol. The van der Waals surface area contributed by atoms with Gasteiger partial charge in [0.1, 0.15) is 5.82 Å². The molecule has 0 unspecified atom stereocenters. The fraction of sp³-hybridized carbons (Fsp3) is 0.0455. The second-order valence-electron chi connectivity index (χ2n) is 6.68. The second-order valence-corrected chi connectivity index (χ2v) is 7.12. The first kappa shape index (κ1) is 20.4. The second kappa shape index (κ2) is 8.85. The summed E-state index contributed by atoms with van der Waals surface area (Å²) in [5.41, 5.74) is 2.87. The van der Waals surface area contributed by atoms with E-state index in [1.165, 1.54) is 24.3 Å². The summed E-state index contributed by atoms with van der Waals surface area (Å²) in [6.45, 7) is 0.170. The summed E-state index contributed by atoms with van der Waals surface area (Å²) in [6, 6.07) is 17.2. The smallest absolute Gasteiger partial charge is 0.257 e. The number of hydrogen-bond donors (Lipinski definition) is 4. The van der Waals surface area contributed by atoms with Crippen molar-refractivity contribution >= 4 is 52.1 Å². The number of nitrogens with zero attached hydrogens (tertiary/aromatic N) is 1. The predicted octanol–water partition coefficient (Wildman–Crippen LogP) is 4.37. The maximum Gasteiger partial charge on any atom is 0.257 e.